The van der Waals surface area contributed by atoms with Crippen molar-refractivity contribution in [3.05, 3.63) is 35.4 Å². The topological polar surface area (TPSA) is 40.5 Å². The summed E-state index contributed by atoms with van der Waals surface area (Å²) in [4.78, 5) is 0. The van der Waals surface area contributed by atoms with E-state index in [1.165, 1.54) is 0 Å². The summed E-state index contributed by atoms with van der Waals surface area (Å²) in [6.07, 6.45) is 1.41. The van der Waals surface area contributed by atoms with Crippen LogP contribution in [0.2, 0.25) is 0 Å². The predicted octanol–water partition coefficient (Wildman–Crippen LogP) is 2.18. The van der Waals surface area contributed by atoms with Crippen molar-refractivity contribution in [1.82, 2.24) is 0 Å². The van der Waals surface area contributed by atoms with Crippen molar-refractivity contribution in [1.29, 1.82) is 0 Å². The van der Waals surface area contributed by atoms with Gasteiger partial charge in [0.2, 0.25) is 0 Å². The third-order valence-electron chi connectivity index (χ3n) is 1.92. The number of aliphatic hydroxyl groups is 1. The van der Waals surface area contributed by atoms with Gasteiger partial charge >= 0.3 is 0 Å². The van der Waals surface area contributed by atoms with Crippen molar-refractivity contribution in [2.45, 2.75) is 20.0 Å². The molecule has 1 aromatic rings. The monoisotopic (exact) mass is 178 g/mol. The molecule has 0 heterocycles. The van der Waals surface area contributed by atoms with Gasteiger partial charge in [0.15, 0.2) is 0 Å². The SMILES string of the molecule is C/C(=C\c1cccc(O)c1)C(C)O. The Kier molecular flexibility index (Phi) is 3.09. The molecular formula is C11H14O2. The lowest BCUT2D eigenvalue weighted by atomic mass is 10.1. The minimum Gasteiger partial charge on any atom is -0.508 e. The van der Waals surface area contributed by atoms with Gasteiger partial charge in [0.1, 0.15) is 5.75 Å². The van der Waals surface area contributed by atoms with Gasteiger partial charge in [-0.3, -0.25) is 0 Å². The smallest absolute Gasteiger partial charge is 0.116 e. The lowest BCUT2D eigenvalue weighted by Crippen LogP contribution is -2.00. The van der Waals surface area contributed by atoms with Crippen molar-refractivity contribution in [2.24, 2.45) is 0 Å². The Hall–Kier alpha value is -1.28. The fraction of sp³-hybridized carbons (Fsp3) is 0.273. The molecule has 0 spiro atoms. The summed E-state index contributed by atoms with van der Waals surface area (Å²) in [5.74, 6) is 0.243. The second-order valence-corrected chi connectivity index (χ2v) is 3.16. The lowest BCUT2D eigenvalue weighted by Gasteiger charge is -2.04. The quantitative estimate of drug-likeness (QED) is 0.728. The van der Waals surface area contributed by atoms with Crippen LogP contribution in [0, 0.1) is 0 Å². The highest BCUT2D eigenvalue weighted by atomic mass is 16.3. The van der Waals surface area contributed by atoms with Crippen LogP contribution >= 0.6 is 0 Å². The molecule has 1 aromatic carbocycles. The van der Waals surface area contributed by atoms with Gasteiger partial charge in [-0.25, -0.2) is 0 Å². The molecule has 0 bridgehead atoms. The first-order chi connectivity index (χ1) is 6.09. The third-order valence-corrected chi connectivity index (χ3v) is 1.92. The maximum absolute atomic E-state index is 9.22. The van der Waals surface area contributed by atoms with Crippen molar-refractivity contribution >= 4 is 6.08 Å². The molecule has 0 fully saturated rings. The summed E-state index contributed by atoms with van der Waals surface area (Å²) in [5, 5.41) is 18.4. The zero-order valence-corrected chi connectivity index (χ0v) is 7.86. The summed E-state index contributed by atoms with van der Waals surface area (Å²) < 4.78 is 0. The number of rotatable bonds is 2. The van der Waals surface area contributed by atoms with E-state index < -0.39 is 6.10 Å². The van der Waals surface area contributed by atoms with E-state index in [0.717, 1.165) is 11.1 Å². The zero-order valence-electron chi connectivity index (χ0n) is 7.86. The van der Waals surface area contributed by atoms with Gasteiger partial charge in [-0.15, -0.1) is 0 Å². The molecular weight excluding hydrogens is 164 g/mol. The second-order valence-electron chi connectivity index (χ2n) is 3.16. The number of phenolic OH excluding ortho intramolecular Hbond substituents is 1. The van der Waals surface area contributed by atoms with Crippen molar-refractivity contribution in [3.8, 4) is 5.75 Å². The minimum atomic E-state index is -0.442. The van der Waals surface area contributed by atoms with Crippen LogP contribution in [0.3, 0.4) is 0 Å². The molecule has 2 N–H and O–H groups in total. The van der Waals surface area contributed by atoms with Crippen LogP contribution in [-0.2, 0) is 0 Å². The number of aromatic hydroxyl groups is 1. The first-order valence-corrected chi connectivity index (χ1v) is 4.25. The number of aliphatic hydroxyl groups excluding tert-OH is 1. The molecule has 2 heteroatoms. The summed E-state index contributed by atoms with van der Waals surface area (Å²) in [6, 6.07) is 6.93. The number of benzene rings is 1. The van der Waals surface area contributed by atoms with E-state index in [1.54, 1.807) is 25.1 Å². The molecule has 0 aromatic heterocycles. The maximum atomic E-state index is 9.22. The summed E-state index contributed by atoms with van der Waals surface area (Å²) in [7, 11) is 0. The van der Waals surface area contributed by atoms with Crippen LogP contribution in [0.15, 0.2) is 29.8 Å². The Bertz CT molecular complexity index is 314. The summed E-state index contributed by atoms with van der Waals surface area (Å²) in [5.41, 5.74) is 1.78. The third kappa shape index (κ3) is 2.92. The molecule has 0 aliphatic heterocycles. The standard InChI is InChI=1S/C11H14O2/c1-8(9(2)12)6-10-4-3-5-11(13)7-10/h3-7,9,12-13H,1-2H3/b8-6+. The van der Waals surface area contributed by atoms with E-state index >= 15 is 0 Å². The Morgan fingerprint density at radius 3 is 2.69 bits per heavy atom. The highest BCUT2D eigenvalue weighted by Crippen LogP contribution is 2.14. The number of hydrogen-bond donors (Lipinski definition) is 2. The molecule has 0 aliphatic carbocycles. The van der Waals surface area contributed by atoms with Crippen molar-refractivity contribution < 1.29 is 10.2 Å². The molecule has 0 saturated heterocycles. The van der Waals surface area contributed by atoms with Gasteiger partial charge in [-0.2, -0.15) is 0 Å². The molecule has 0 aliphatic rings. The number of hydrogen-bond acceptors (Lipinski definition) is 2. The molecule has 0 radical (unpaired) electrons. The lowest BCUT2D eigenvalue weighted by molar-refractivity contribution is 0.232. The molecule has 0 amide bonds. The predicted molar refractivity (Wildman–Crippen MR) is 53.4 cm³/mol. The van der Waals surface area contributed by atoms with E-state index in [9.17, 15) is 10.2 Å². The highest BCUT2D eigenvalue weighted by molar-refractivity contribution is 5.54. The fourth-order valence-corrected chi connectivity index (χ4v) is 0.998. The van der Waals surface area contributed by atoms with Crippen molar-refractivity contribution in [2.75, 3.05) is 0 Å². The number of phenols is 1. The van der Waals surface area contributed by atoms with E-state index in [0.29, 0.717) is 0 Å². The molecule has 1 unspecified atom stereocenters. The van der Waals surface area contributed by atoms with Gasteiger partial charge in [-0.05, 0) is 37.1 Å². The van der Waals surface area contributed by atoms with Crippen LogP contribution in [0.4, 0.5) is 0 Å². The van der Waals surface area contributed by atoms with Crippen LogP contribution in [0.1, 0.15) is 19.4 Å². The zero-order chi connectivity index (χ0) is 9.84. The van der Waals surface area contributed by atoms with Crippen LogP contribution in [-0.4, -0.2) is 16.3 Å². The Morgan fingerprint density at radius 1 is 1.46 bits per heavy atom. The van der Waals surface area contributed by atoms with Crippen LogP contribution < -0.4 is 0 Å². The van der Waals surface area contributed by atoms with Gasteiger partial charge < -0.3 is 10.2 Å². The molecule has 1 rings (SSSR count). The Balaban J connectivity index is 2.91. The Labute approximate surface area is 78.2 Å². The fourth-order valence-electron chi connectivity index (χ4n) is 0.998. The van der Waals surface area contributed by atoms with Gasteiger partial charge in [-0.1, -0.05) is 18.2 Å². The molecule has 1 atom stereocenters. The minimum absolute atomic E-state index is 0.243. The van der Waals surface area contributed by atoms with E-state index in [-0.39, 0.29) is 5.75 Å². The average molecular weight is 178 g/mol. The van der Waals surface area contributed by atoms with Gasteiger partial charge in [0, 0.05) is 0 Å². The van der Waals surface area contributed by atoms with E-state index in [2.05, 4.69) is 0 Å². The van der Waals surface area contributed by atoms with Gasteiger partial charge in [0.05, 0.1) is 6.10 Å². The molecule has 70 valence electrons. The van der Waals surface area contributed by atoms with Crippen LogP contribution in [0.5, 0.6) is 5.75 Å². The van der Waals surface area contributed by atoms with Crippen LogP contribution in [0.25, 0.3) is 6.08 Å². The molecule has 2 nitrogen and oxygen atoms in total. The Morgan fingerprint density at radius 2 is 2.15 bits per heavy atom. The maximum Gasteiger partial charge on any atom is 0.116 e. The first-order valence-electron chi connectivity index (χ1n) is 4.25. The summed E-state index contributed by atoms with van der Waals surface area (Å²) >= 11 is 0. The van der Waals surface area contributed by atoms with Crippen molar-refractivity contribution in [3.63, 3.8) is 0 Å². The van der Waals surface area contributed by atoms with E-state index in [4.69, 9.17) is 0 Å². The highest BCUT2D eigenvalue weighted by Gasteiger charge is 1.98. The molecule has 0 saturated carbocycles. The van der Waals surface area contributed by atoms with E-state index in [1.807, 2.05) is 19.1 Å². The normalized spacial score (nSPS) is 14.2. The molecule has 13 heavy (non-hydrogen) atoms. The first kappa shape index (κ1) is 9.81. The summed E-state index contributed by atoms with van der Waals surface area (Å²) in [6.45, 7) is 3.57. The average Bonchev–Trinajstić information content (AvgIpc) is 2.04. The van der Waals surface area contributed by atoms with Gasteiger partial charge in [0.25, 0.3) is 0 Å². The second kappa shape index (κ2) is 4.10. The largest absolute Gasteiger partial charge is 0.508 e.